The van der Waals surface area contributed by atoms with Gasteiger partial charge in [0.15, 0.2) is 11.5 Å². The lowest BCUT2D eigenvalue weighted by Gasteiger charge is -2.37. The van der Waals surface area contributed by atoms with Crippen LogP contribution in [-0.4, -0.2) is 33.4 Å². The number of ether oxygens (including phenoxy) is 2. The Morgan fingerprint density at radius 2 is 1.95 bits per heavy atom. The second-order valence-electron chi connectivity index (χ2n) is 5.69. The quantitative estimate of drug-likeness (QED) is 0.941. The number of rotatable bonds is 4. The van der Waals surface area contributed by atoms with Gasteiger partial charge in [-0.05, 0) is 35.6 Å². The van der Waals surface area contributed by atoms with Gasteiger partial charge < -0.3 is 20.1 Å². The molecule has 22 heavy (non-hydrogen) atoms. The topological polar surface area (TPSA) is 47.7 Å². The van der Waals surface area contributed by atoms with E-state index in [9.17, 15) is 0 Å². The zero-order valence-electron chi connectivity index (χ0n) is 13.0. The molecule has 2 unspecified atom stereocenters. The van der Waals surface area contributed by atoms with Gasteiger partial charge in [0.2, 0.25) is 0 Å². The van der Waals surface area contributed by atoms with Gasteiger partial charge in [-0.2, -0.15) is 11.3 Å². The van der Waals surface area contributed by atoms with Crippen LogP contribution >= 0.6 is 11.3 Å². The molecule has 1 fully saturated rings. The predicted molar refractivity (Wildman–Crippen MR) is 91.4 cm³/mol. The van der Waals surface area contributed by atoms with E-state index < -0.39 is 0 Å². The lowest BCUT2D eigenvalue weighted by molar-refractivity contribution is 0.353. The first-order chi connectivity index (χ1) is 10.7. The maximum absolute atomic E-state index is 6.29. The molecule has 2 aromatic rings. The zero-order chi connectivity index (χ0) is 15.5. The van der Waals surface area contributed by atoms with Gasteiger partial charge in [0.05, 0.1) is 14.2 Å². The molecule has 4 nitrogen and oxygen atoms in total. The normalized spacial score (nSPS) is 21.7. The fraction of sp³-hybridized carbons (Fsp3) is 0.412. The summed E-state index contributed by atoms with van der Waals surface area (Å²) in [5.41, 5.74) is 8.82. The Bertz CT molecular complexity index is 615. The average Bonchev–Trinajstić information content (AvgIpc) is 3.08. The van der Waals surface area contributed by atoms with Crippen molar-refractivity contribution in [3.63, 3.8) is 0 Å². The van der Waals surface area contributed by atoms with Crippen LogP contribution in [0.1, 0.15) is 17.9 Å². The molecule has 3 rings (SSSR count). The summed E-state index contributed by atoms with van der Waals surface area (Å²) >= 11 is 1.72. The average molecular weight is 318 g/mol. The summed E-state index contributed by atoms with van der Waals surface area (Å²) in [6, 6.07) is 8.52. The molecule has 2 atom stereocenters. The van der Waals surface area contributed by atoms with Crippen molar-refractivity contribution >= 4 is 17.0 Å². The van der Waals surface area contributed by atoms with E-state index >= 15 is 0 Å². The third-order valence-corrected chi connectivity index (χ3v) is 4.90. The van der Waals surface area contributed by atoms with E-state index in [1.807, 2.05) is 6.07 Å². The van der Waals surface area contributed by atoms with Crippen LogP contribution in [0.4, 0.5) is 5.69 Å². The van der Waals surface area contributed by atoms with Crippen LogP contribution in [0.15, 0.2) is 35.0 Å². The van der Waals surface area contributed by atoms with Crippen molar-refractivity contribution in [2.24, 2.45) is 5.73 Å². The van der Waals surface area contributed by atoms with Gasteiger partial charge in [-0.3, -0.25) is 0 Å². The molecule has 5 heteroatoms. The highest BCUT2D eigenvalue weighted by Crippen LogP contribution is 2.35. The minimum absolute atomic E-state index is 0.187. The number of hydrogen-bond donors (Lipinski definition) is 1. The van der Waals surface area contributed by atoms with E-state index in [2.05, 4.69) is 33.9 Å². The molecule has 0 saturated carbocycles. The highest BCUT2D eigenvalue weighted by atomic mass is 32.1. The zero-order valence-corrected chi connectivity index (χ0v) is 13.8. The Morgan fingerprint density at radius 3 is 2.64 bits per heavy atom. The van der Waals surface area contributed by atoms with E-state index in [1.165, 1.54) is 11.3 Å². The van der Waals surface area contributed by atoms with E-state index in [-0.39, 0.29) is 6.04 Å². The molecule has 0 spiro atoms. The van der Waals surface area contributed by atoms with Crippen LogP contribution in [0.3, 0.4) is 0 Å². The highest BCUT2D eigenvalue weighted by molar-refractivity contribution is 7.08. The number of hydrogen-bond acceptors (Lipinski definition) is 5. The molecule has 2 heterocycles. The lowest BCUT2D eigenvalue weighted by Crippen LogP contribution is -2.46. The SMILES string of the molecule is COc1ccc(C2CC(N)CN(c3ccsc3)C2)cc1OC. The van der Waals surface area contributed by atoms with Gasteiger partial charge in [-0.25, -0.2) is 0 Å². The summed E-state index contributed by atoms with van der Waals surface area (Å²) in [6.07, 6.45) is 0.996. The van der Waals surface area contributed by atoms with Crippen LogP contribution in [0, 0.1) is 0 Å². The van der Waals surface area contributed by atoms with Gasteiger partial charge in [0, 0.05) is 36.1 Å². The predicted octanol–water partition coefficient (Wildman–Crippen LogP) is 3.09. The van der Waals surface area contributed by atoms with Crippen LogP contribution in [0.25, 0.3) is 0 Å². The number of nitrogens with two attached hydrogens (primary N) is 1. The van der Waals surface area contributed by atoms with Crippen molar-refractivity contribution in [2.75, 3.05) is 32.2 Å². The molecule has 1 aromatic heterocycles. The molecular weight excluding hydrogens is 296 g/mol. The molecule has 2 N–H and O–H groups in total. The Labute approximate surface area is 135 Å². The number of anilines is 1. The number of piperidine rings is 1. The summed E-state index contributed by atoms with van der Waals surface area (Å²) < 4.78 is 10.7. The van der Waals surface area contributed by atoms with Crippen molar-refractivity contribution in [1.82, 2.24) is 0 Å². The third-order valence-electron chi connectivity index (χ3n) is 4.23. The molecule has 1 aliphatic rings. The standard InChI is InChI=1S/C17H22N2O2S/c1-20-16-4-3-12(8-17(16)21-2)13-7-14(18)10-19(9-13)15-5-6-22-11-15/h3-6,8,11,13-14H,7,9-10,18H2,1-2H3. The maximum atomic E-state index is 6.29. The van der Waals surface area contributed by atoms with E-state index in [0.29, 0.717) is 5.92 Å². The Kier molecular flexibility index (Phi) is 4.55. The van der Waals surface area contributed by atoms with E-state index in [4.69, 9.17) is 15.2 Å². The third kappa shape index (κ3) is 3.05. The van der Waals surface area contributed by atoms with Crippen molar-refractivity contribution < 1.29 is 9.47 Å². The van der Waals surface area contributed by atoms with Gasteiger partial charge in [-0.1, -0.05) is 6.07 Å². The first-order valence-electron chi connectivity index (χ1n) is 7.46. The molecule has 1 aliphatic heterocycles. The van der Waals surface area contributed by atoms with Crippen LogP contribution in [0.2, 0.25) is 0 Å². The number of thiophene rings is 1. The van der Waals surface area contributed by atoms with Gasteiger partial charge in [0.1, 0.15) is 0 Å². The maximum Gasteiger partial charge on any atom is 0.160 e. The second kappa shape index (κ2) is 6.58. The summed E-state index contributed by atoms with van der Waals surface area (Å²) in [5.74, 6) is 1.95. The summed E-state index contributed by atoms with van der Waals surface area (Å²) in [7, 11) is 3.33. The smallest absolute Gasteiger partial charge is 0.160 e. The van der Waals surface area contributed by atoms with E-state index in [1.54, 1.807) is 25.6 Å². The summed E-state index contributed by atoms with van der Waals surface area (Å²) in [5, 5.41) is 4.30. The molecule has 0 amide bonds. The van der Waals surface area contributed by atoms with Crippen molar-refractivity contribution in [3.05, 3.63) is 40.6 Å². The van der Waals surface area contributed by atoms with Gasteiger partial charge >= 0.3 is 0 Å². The van der Waals surface area contributed by atoms with E-state index in [0.717, 1.165) is 31.0 Å². The lowest BCUT2D eigenvalue weighted by atomic mass is 9.88. The van der Waals surface area contributed by atoms with Gasteiger partial charge in [-0.15, -0.1) is 0 Å². The summed E-state index contributed by atoms with van der Waals surface area (Å²) in [4.78, 5) is 2.38. The Morgan fingerprint density at radius 1 is 1.14 bits per heavy atom. The van der Waals surface area contributed by atoms with Crippen LogP contribution in [0.5, 0.6) is 11.5 Å². The molecule has 1 saturated heterocycles. The first-order valence-corrected chi connectivity index (χ1v) is 8.40. The molecule has 0 radical (unpaired) electrons. The largest absolute Gasteiger partial charge is 0.493 e. The van der Waals surface area contributed by atoms with Crippen LogP contribution in [-0.2, 0) is 0 Å². The molecule has 1 aromatic carbocycles. The first kappa shape index (κ1) is 15.2. The fourth-order valence-corrected chi connectivity index (χ4v) is 3.80. The van der Waals surface area contributed by atoms with Crippen molar-refractivity contribution in [3.8, 4) is 11.5 Å². The minimum Gasteiger partial charge on any atom is -0.493 e. The van der Waals surface area contributed by atoms with Crippen LogP contribution < -0.4 is 20.1 Å². The molecule has 0 bridgehead atoms. The number of benzene rings is 1. The molecule has 0 aliphatic carbocycles. The molecule has 118 valence electrons. The monoisotopic (exact) mass is 318 g/mol. The fourth-order valence-electron chi connectivity index (χ4n) is 3.13. The highest BCUT2D eigenvalue weighted by Gasteiger charge is 2.27. The Balaban J connectivity index is 1.84. The Hall–Kier alpha value is -1.72. The number of nitrogens with zero attached hydrogens (tertiary/aromatic N) is 1. The second-order valence-corrected chi connectivity index (χ2v) is 6.47. The van der Waals surface area contributed by atoms with Crippen molar-refractivity contribution in [1.29, 1.82) is 0 Å². The number of methoxy groups -OCH3 is 2. The minimum atomic E-state index is 0.187. The summed E-state index contributed by atoms with van der Waals surface area (Å²) in [6.45, 7) is 1.90. The molecular formula is C17H22N2O2S. The van der Waals surface area contributed by atoms with Gasteiger partial charge in [0.25, 0.3) is 0 Å². The van der Waals surface area contributed by atoms with Crippen molar-refractivity contribution in [2.45, 2.75) is 18.4 Å².